The van der Waals surface area contributed by atoms with Gasteiger partial charge in [0.25, 0.3) is 12.4 Å². The average molecular weight is 417 g/mol. The highest BCUT2D eigenvalue weighted by molar-refractivity contribution is 5.94. The minimum atomic E-state index is -0.250. The quantitative estimate of drug-likeness (QED) is 0.729. The number of piperidine rings is 3. The number of rotatable bonds is 4. The second kappa shape index (κ2) is 10.3. The third kappa shape index (κ3) is 5.15. The SMILES string of the molecule is CC(C)CC[C@H]1[C@H]2C[C@H](CN(C(=O)c3ccc(O)cc3)C2)[C@@H]2CCCCN21.O=CO. The lowest BCUT2D eigenvalue weighted by molar-refractivity contribution is -0.122. The van der Waals surface area contributed by atoms with E-state index in [-0.39, 0.29) is 18.1 Å². The van der Waals surface area contributed by atoms with Gasteiger partial charge < -0.3 is 15.1 Å². The number of nitrogens with zero attached hydrogens (tertiary/aromatic N) is 2. The molecule has 3 aliphatic rings. The van der Waals surface area contributed by atoms with Crippen LogP contribution in [0.3, 0.4) is 0 Å². The van der Waals surface area contributed by atoms with Crippen LogP contribution in [0.25, 0.3) is 0 Å². The van der Waals surface area contributed by atoms with E-state index in [1.54, 1.807) is 24.3 Å². The van der Waals surface area contributed by atoms with Gasteiger partial charge in [-0.2, -0.15) is 0 Å². The van der Waals surface area contributed by atoms with Crippen molar-refractivity contribution in [1.82, 2.24) is 9.80 Å². The van der Waals surface area contributed by atoms with Crippen molar-refractivity contribution in [3.05, 3.63) is 29.8 Å². The predicted octanol–water partition coefficient (Wildman–Crippen LogP) is 3.84. The van der Waals surface area contributed by atoms with E-state index in [4.69, 9.17) is 9.90 Å². The molecule has 30 heavy (non-hydrogen) atoms. The first-order chi connectivity index (χ1) is 14.4. The summed E-state index contributed by atoms with van der Waals surface area (Å²) >= 11 is 0. The van der Waals surface area contributed by atoms with Gasteiger partial charge in [0.05, 0.1) is 0 Å². The predicted molar refractivity (Wildman–Crippen MR) is 117 cm³/mol. The van der Waals surface area contributed by atoms with Gasteiger partial charge in [-0.1, -0.05) is 20.3 Å². The Hall–Kier alpha value is -2.08. The fraction of sp³-hybridized carbons (Fsp3) is 0.667. The standard InChI is InChI=1S/C23H34N2O2.CH2O2/c1-16(2)6-11-22-19-13-18(21-5-3-4-12-25(21)22)14-24(15-19)23(27)17-7-9-20(26)10-8-17;2-1-3/h7-10,16,18-19,21-22,26H,3-6,11-15H2,1-2H3;1H,(H,2,3)/t18-,19+,21+,22+;/m1./s1. The Morgan fingerprint density at radius 3 is 2.50 bits per heavy atom. The van der Waals surface area contributed by atoms with Crippen LogP contribution in [0.1, 0.15) is 62.7 Å². The molecule has 3 heterocycles. The van der Waals surface area contributed by atoms with Gasteiger partial charge in [-0.15, -0.1) is 0 Å². The van der Waals surface area contributed by atoms with Crippen molar-refractivity contribution in [2.45, 2.75) is 64.5 Å². The number of carbonyl (C=O) groups excluding carboxylic acids is 1. The number of aromatic hydroxyl groups is 1. The molecule has 0 unspecified atom stereocenters. The monoisotopic (exact) mass is 416 g/mol. The van der Waals surface area contributed by atoms with Gasteiger partial charge in [-0.25, -0.2) is 0 Å². The maximum absolute atomic E-state index is 13.1. The van der Waals surface area contributed by atoms with Crippen molar-refractivity contribution in [1.29, 1.82) is 0 Å². The second-order valence-corrected chi connectivity index (χ2v) is 9.46. The van der Waals surface area contributed by atoms with E-state index >= 15 is 0 Å². The number of fused-ring (bicyclic) bond motifs is 4. The molecule has 2 N–H and O–H groups in total. The number of hydrogen-bond donors (Lipinski definition) is 2. The molecule has 4 rings (SSSR count). The number of carbonyl (C=O) groups is 2. The molecule has 6 nitrogen and oxygen atoms in total. The molecule has 1 aromatic carbocycles. The first kappa shape index (κ1) is 22.6. The summed E-state index contributed by atoms with van der Waals surface area (Å²) in [5, 5.41) is 16.4. The van der Waals surface area contributed by atoms with Crippen molar-refractivity contribution in [2.24, 2.45) is 17.8 Å². The van der Waals surface area contributed by atoms with Gasteiger partial charge in [-0.3, -0.25) is 14.5 Å². The molecule has 6 heteroatoms. The third-order valence-electron chi connectivity index (χ3n) is 7.06. The molecule has 0 aliphatic carbocycles. The van der Waals surface area contributed by atoms with E-state index in [0.717, 1.165) is 19.0 Å². The third-order valence-corrected chi connectivity index (χ3v) is 7.06. The summed E-state index contributed by atoms with van der Waals surface area (Å²) < 4.78 is 0. The minimum Gasteiger partial charge on any atom is -0.508 e. The van der Waals surface area contributed by atoms with Gasteiger partial charge in [-0.05, 0) is 80.7 Å². The molecule has 3 fully saturated rings. The number of amides is 1. The zero-order valence-electron chi connectivity index (χ0n) is 18.2. The highest BCUT2D eigenvalue weighted by Gasteiger charge is 2.47. The van der Waals surface area contributed by atoms with Crippen LogP contribution in [0.5, 0.6) is 5.75 Å². The second-order valence-electron chi connectivity index (χ2n) is 9.46. The van der Waals surface area contributed by atoms with Crippen LogP contribution in [0.4, 0.5) is 0 Å². The summed E-state index contributed by atoms with van der Waals surface area (Å²) in [5.41, 5.74) is 0.701. The van der Waals surface area contributed by atoms with Crippen LogP contribution in [0.2, 0.25) is 0 Å². The van der Waals surface area contributed by atoms with Crippen LogP contribution in [0.15, 0.2) is 24.3 Å². The Kier molecular flexibility index (Phi) is 7.75. The molecule has 166 valence electrons. The lowest BCUT2D eigenvalue weighted by atomic mass is 9.71. The van der Waals surface area contributed by atoms with Gasteiger partial charge in [0, 0.05) is 30.7 Å². The zero-order valence-corrected chi connectivity index (χ0v) is 18.2. The Morgan fingerprint density at radius 1 is 1.17 bits per heavy atom. The van der Waals surface area contributed by atoms with Gasteiger partial charge in [0.2, 0.25) is 0 Å². The molecule has 0 saturated carbocycles. The lowest BCUT2D eigenvalue weighted by Gasteiger charge is -2.57. The van der Waals surface area contributed by atoms with Crippen LogP contribution in [-0.2, 0) is 4.79 Å². The topological polar surface area (TPSA) is 81.1 Å². The number of benzene rings is 1. The van der Waals surface area contributed by atoms with E-state index in [9.17, 15) is 9.90 Å². The summed E-state index contributed by atoms with van der Waals surface area (Å²) in [4.78, 5) is 26.4. The minimum absolute atomic E-state index is 0.136. The van der Waals surface area contributed by atoms with Crippen LogP contribution in [-0.4, -0.2) is 64.1 Å². The highest BCUT2D eigenvalue weighted by Crippen LogP contribution is 2.43. The molecule has 3 aliphatic heterocycles. The summed E-state index contributed by atoms with van der Waals surface area (Å²) in [7, 11) is 0. The molecule has 0 radical (unpaired) electrons. The van der Waals surface area contributed by atoms with Gasteiger partial charge >= 0.3 is 0 Å². The molecule has 3 saturated heterocycles. The molecule has 4 atom stereocenters. The summed E-state index contributed by atoms with van der Waals surface area (Å²) in [6, 6.07) is 8.06. The first-order valence-electron chi connectivity index (χ1n) is 11.4. The first-order valence-corrected chi connectivity index (χ1v) is 11.4. The molecule has 1 aromatic rings. The fourth-order valence-corrected chi connectivity index (χ4v) is 5.76. The molecular formula is C24H36N2O4. The number of phenols is 1. The Morgan fingerprint density at radius 2 is 1.83 bits per heavy atom. The van der Waals surface area contributed by atoms with E-state index in [1.165, 1.54) is 45.1 Å². The van der Waals surface area contributed by atoms with Crippen molar-refractivity contribution >= 4 is 12.4 Å². The van der Waals surface area contributed by atoms with Crippen LogP contribution >= 0.6 is 0 Å². The van der Waals surface area contributed by atoms with E-state index in [2.05, 4.69) is 23.6 Å². The zero-order chi connectivity index (χ0) is 21.7. The maximum atomic E-state index is 13.1. The summed E-state index contributed by atoms with van der Waals surface area (Å²) in [6.07, 6.45) is 7.82. The largest absolute Gasteiger partial charge is 0.508 e. The van der Waals surface area contributed by atoms with E-state index < -0.39 is 0 Å². The summed E-state index contributed by atoms with van der Waals surface area (Å²) in [5.74, 6) is 2.33. The number of phenolic OH excluding ortho intramolecular Hbond substituents is 1. The Balaban J connectivity index is 0.000000806. The molecule has 0 spiro atoms. The Bertz CT molecular complexity index is 706. The van der Waals surface area contributed by atoms with Crippen LogP contribution in [0, 0.1) is 17.8 Å². The lowest BCUT2D eigenvalue weighted by Crippen LogP contribution is -2.64. The number of hydrogen-bond acceptors (Lipinski definition) is 4. The van der Waals surface area contributed by atoms with Crippen LogP contribution < -0.4 is 0 Å². The molecule has 0 aromatic heterocycles. The fourth-order valence-electron chi connectivity index (χ4n) is 5.76. The maximum Gasteiger partial charge on any atom is 0.290 e. The van der Waals surface area contributed by atoms with E-state index in [1.807, 2.05) is 0 Å². The van der Waals surface area contributed by atoms with Gasteiger partial charge in [0.15, 0.2) is 0 Å². The summed E-state index contributed by atoms with van der Waals surface area (Å²) in [6.45, 7) is 7.44. The van der Waals surface area contributed by atoms with E-state index in [0.29, 0.717) is 29.5 Å². The van der Waals surface area contributed by atoms with Crippen molar-refractivity contribution < 1.29 is 19.8 Å². The van der Waals surface area contributed by atoms with Gasteiger partial charge in [0.1, 0.15) is 5.75 Å². The number of carboxylic acid groups (broad SMARTS) is 1. The normalized spacial score (nSPS) is 28.3. The number of likely N-dealkylation sites (tertiary alicyclic amines) is 1. The smallest absolute Gasteiger partial charge is 0.290 e. The Labute approximate surface area is 179 Å². The molecule has 2 bridgehead atoms. The van der Waals surface area contributed by atoms with Crippen molar-refractivity contribution in [3.63, 3.8) is 0 Å². The molecular weight excluding hydrogens is 380 g/mol. The molecule has 1 amide bonds. The highest BCUT2D eigenvalue weighted by atomic mass is 16.3. The van der Waals surface area contributed by atoms with Crippen molar-refractivity contribution in [2.75, 3.05) is 19.6 Å². The average Bonchev–Trinajstić information content (AvgIpc) is 2.74. The van der Waals surface area contributed by atoms with Crippen molar-refractivity contribution in [3.8, 4) is 5.75 Å².